The van der Waals surface area contributed by atoms with Crippen LogP contribution in [0.25, 0.3) is 0 Å². The summed E-state index contributed by atoms with van der Waals surface area (Å²) in [5.74, 6) is 0.849. The van der Waals surface area contributed by atoms with Crippen molar-refractivity contribution in [1.29, 1.82) is 0 Å². The number of hydrogen-bond donors (Lipinski definition) is 1. The number of rotatable bonds is 3. The number of aromatic amines is 1. The SMILES string of the molecule is CCCN(C)c1[c]nn[nH]1. The number of nitrogens with zero attached hydrogens (tertiary/aromatic N) is 3. The molecule has 0 spiro atoms. The standard InChI is InChI=1S/C6H11N4/c1-3-4-10(2)6-5-7-9-8-6/h3-4H2,1-2H3,(H,7,8,9). The highest BCUT2D eigenvalue weighted by Crippen LogP contribution is 2.02. The van der Waals surface area contributed by atoms with Crippen molar-refractivity contribution in [2.24, 2.45) is 0 Å². The molecule has 1 radical (unpaired) electrons. The second-order valence-electron chi connectivity index (χ2n) is 2.19. The highest BCUT2D eigenvalue weighted by atomic mass is 15.4. The Bertz CT molecular complexity index is 170. The van der Waals surface area contributed by atoms with Crippen LogP contribution in [0.15, 0.2) is 0 Å². The molecule has 0 amide bonds. The van der Waals surface area contributed by atoms with Crippen molar-refractivity contribution in [1.82, 2.24) is 15.4 Å². The fourth-order valence-corrected chi connectivity index (χ4v) is 0.788. The first-order valence-electron chi connectivity index (χ1n) is 3.34. The van der Waals surface area contributed by atoms with Gasteiger partial charge in [0.15, 0.2) is 12.0 Å². The van der Waals surface area contributed by atoms with Gasteiger partial charge in [-0.1, -0.05) is 12.1 Å². The predicted molar refractivity (Wildman–Crippen MR) is 38.8 cm³/mol. The van der Waals surface area contributed by atoms with E-state index in [1.165, 1.54) is 0 Å². The summed E-state index contributed by atoms with van der Waals surface area (Å²) in [6.07, 6.45) is 3.85. The van der Waals surface area contributed by atoms with Crippen LogP contribution in [0, 0.1) is 6.20 Å². The van der Waals surface area contributed by atoms with Crippen LogP contribution in [0.5, 0.6) is 0 Å². The zero-order chi connectivity index (χ0) is 7.40. The Balaban J connectivity index is 2.50. The molecule has 1 N–H and O–H groups in total. The summed E-state index contributed by atoms with van der Waals surface area (Å²) in [6, 6.07) is 0. The van der Waals surface area contributed by atoms with Crippen molar-refractivity contribution < 1.29 is 0 Å². The molecule has 0 unspecified atom stereocenters. The molecule has 0 aliphatic rings. The summed E-state index contributed by atoms with van der Waals surface area (Å²) >= 11 is 0. The number of H-pyrrole nitrogens is 1. The van der Waals surface area contributed by atoms with Gasteiger partial charge >= 0.3 is 0 Å². The molecular weight excluding hydrogens is 128 g/mol. The second kappa shape index (κ2) is 3.20. The maximum Gasteiger partial charge on any atom is 0.161 e. The van der Waals surface area contributed by atoms with Gasteiger partial charge in [-0.25, -0.2) is 5.10 Å². The van der Waals surface area contributed by atoms with Gasteiger partial charge in [0.05, 0.1) is 0 Å². The lowest BCUT2D eigenvalue weighted by molar-refractivity contribution is 0.829. The molecule has 0 bridgehead atoms. The van der Waals surface area contributed by atoms with E-state index >= 15 is 0 Å². The Morgan fingerprint density at radius 2 is 2.50 bits per heavy atom. The van der Waals surface area contributed by atoms with E-state index in [1.807, 2.05) is 11.9 Å². The third-order valence-electron chi connectivity index (χ3n) is 1.30. The minimum Gasteiger partial charge on any atom is -0.358 e. The molecule has 1 heterocycles. The largest absolute Gasteiger partial charge is 0.358 e. The molecule has 1 rings (SSSR count). The monoisotopic (exact) mass is 139 g/mol. The van der Waals surface area contributed by atoms with Gasteiger partial charge in [-0.15, -0.1) is 5.10 Å². The zero-order valence-corrected chi connectivity index (χ0v) is 6.26. The molecule has 55 valence electrons. The average molecular weight is 139 g/mol. The molecular formula is C6H11N4. The molecule has 1 aromatic heterocycles. The van der Waals surface area contributed by atoms with Crippen molar-refractivity contribution in [3.05, 3.63) is 6.20 Å². The van der Waals surface area contributed by atoms with Gasteiger partial charge in [0.25, 0.3) is 0 Å². The third kappa shape index (κ3) is 1.46. The minimum atomic E-state index is 0.849. The highest BCUT2D eigenvalue weighted by molar-refractivity contribution is 5.30. The Morgan fingerprint density at radius 1 is 1.70 bits per heavy atom. The maximum absolute atomic E-state index is 3.55. The molecule has 0 aliphatic carbocycles. The zero-order valence-electron chi connectivity index (χ0n) is 6.26. The topological polar surface area (TPSA) is 44.8 Å². The molecule has 0 saturated heterocycles. The van der Waals surface area contributed by atoms with Crippen molar-refractivity contribution >= 4 is 5.82 Å². The molecule has 4 heteroatoms. The fourth-order valence-electron chi connectivity index (χ4n) is 0.788. The van der Waals surface area contributed by atoms with Crippen molar-refractivity contribution in [3.63, 3.8) is 0 Å². The molecule has 0 atom stereocenters. The summed E-state index contributed by atoms with van der Waals surface area (Å²) in [6.45, 7) is 3.13. The normalized spacial score (nSPS) is 9.80. The van der Waals surface area contributed by atoms with Crippen LogP contribution >= 0.6 is 0 Å². The van der Waals surface area contributed by atoms with Crippen LogP contribution in [0.1, 0.15) is 13.3 Å². The lowest BCUT2D eigenvalue weighted by Gasteiger charge is -2.13. The van der Waals surface area contributed by atoms with Crippen molar-refractivity contribution in [3.8, 4) is 0 Å². The van der Waals surface area contributed by atoms with Crippen LogP contribution in [0.2, 0.25) is 0 Å². The second-order valence-corrected chi connectivity index (χ2v) is 2.19. The van der Waals surface area contributed by atoms with E-state index in [2.05, 4.69) is 28.5 Å². The van der Waals surface area contributed by atoms with Gasteiger partial charge in [-0.05, 0) is 6.42 Å². The Hall–Kier alpha value is -1.06. The first-order valence-corrected chi connectivity index (χ1v) is 3.34. The van der Waals surface area contributed by atoms with E-state index in [0.717, 1.165) is 18.8 Å². The summed E-state index contributed by atoms with van der Waals surface area (Å²) in [7, 11) is 1.98. The van der Waals surface area contributed by atoms with Crippen LogP contribution < -0.4 is 4.90 Å². The third-order valence-corrected chi connectivity index (χ3v) is 1.30. The molecule has 4 nitrogen and oxygen atoms in total. The summed E-state index contributed by atoms with van der Waals surface area (Å²) in [5, 5.41) is 9.84. The van der Waals surface area contributed by atoms with E-state index in [1.54, 1.807) is 0 Å². The molecule has 0 saturated carbocycles. The van der Waals surface area contributed by atoms with Crippen molar-refractivity contribution in [2.45, 2.75) is 13.3 Å². The van der Waals surface area contributed by atoms with E-state index in [9.17, 15) is 0 Å². The predicted octanol–water partition coefficient (Wildman–Crippen LogP) is 0.451. The minimum absolute atomic E-state index is 0.849. The number of aromatic nitrogens is 3. The van der Waals surface area contributed by atoms with Gasteiger partial charge in [0, 0.05) is 13.6 Å². The number of nitrogens with one attached hydrogen (secondary N) is 1. The van der Waals surface area contributed by atoms with Crippen molar-refractivity contribution in [2.75, 3.05) is 18.5 Å². The smallest absolute Gasteiger partial charge is 0.161 e. The maximum atomic E-state index is 3.55. The molecule has 1 aromatic rings. The Kier molecular flexibility index (Phi) is 2.25. The van der Waals surface area contributed by atoms with Crippen LogP contribution in [0.4, 0.5) is 5.82 Å². The van der Waals surface area contributed by atoms with Gasteiger partial charge in [0.2, 0.25) is 0 Å². The number of hydrogen-bond acceptors (Lipinski definition) is 3. The van der Waals surface area contributed by atoms with E-state index in [0.29, 0.717) is 0 Å². The van der Waals surface area contributed by atoms with Crippen LogP contribution in [-0.4, -0.2) is 29.0 Å². The van der Waals surface area contributed by atoms with E-state index in [-0.39, 0.29) is 0 Å². The van der Waals surface area contributed by atoms with E-state index in [4.69, 9.17) is 0 Å². The lowest BCUT2D eigenvalue weighted by Crippen LogP contribution is -2.17. The molecule has 10 heavy (non-hydrogen) atoms. The first kappa shape index (κ1) is 7.05. The molecule has 0 fully saturated rings. The number of anilines is 1. The highest BCUT2D eigenvalue weighted by Gasteiger charge is 1.99. The lowest BCUT2D eigenvalue weighted by atomic mass is 10.4. The van der Waals surface area contributed by atoms with E-state index < -0.39 is 0 Å². The average Bonchev–Trinajstić information content (AvgIpc) is 2.38. The summed E-state index contributed by atoms with van der Waals surface area (Å²) in [5.41, 5.74) is 0. The van der Waals surface area contributed by atoms with Gasteiger partial charge < -0.3 is 4.90 Å². The van der Waals surface area contributed by atoms with Gasteiger partial charge in [0.1, 0.15) is 0 Å². The summed E-state index contributed by atoms with van der Waals surface area (Å²) < 4.78 is 0. The summed E-state index contributed by atoms with van der Waals surface area (Å²) in [4.78, 5) is 2.03. The van der Waals surface area contributed by atoms with Crippen LogP contribution in [-0.2, 0) is 0 Å². The van der Waals surface area contributed by atoms with Gasteiger partial charge in [-0.3, -0.25) is 0 Å². The quantitative estimate of drug-likeness (QED) is 0.661. The molecule has 0 aromatic carbocycles. The fraction of sp³-hybridized carbons (Fsp3) is 0.667. The molecule has 0 aliphatic heterocycles. The Morgan fingerprint density at radius 3 is 3.00 bits per heavy atom. The van der Waals surface area contributed by atoms with Gasteiger partial charge in [-0.2, -0.15) is 0 Å². The Labute approximate surface area is 60.2 Å². The first-order chi connectivity index (χ1) is 4.84. The van der Waals surface area contributed by atoms with Crippen LogP contribution in [0.3, 0.4) is 0 Å².